The van der Waals surface area contributed by atoms with E-state index >= 15 is 0 Å². The molecule has 0 saturated heterocycles. The fourth-order valence-electron chi connectivity index (χ4n) is 1.40. The van der Waals surface area contributed by atoms with Crippen molar-refractivity contribution >= 4 is 21.9 Å². The molecular weight excluding hydrogens is 347 g/mol. The Hall–Kier alpha value is -2.03. The fraction of sp³-hybridized carbons (Fsp3) is 0.0909. The van der Waals surface area contributed by atoms with Gasteiger partial charge in [0.2, 0.25) is 5.69 Å². The summed E-state index contributed by atoms with van der Waals surface area (Å²) in [6.07, 6.45) is -4.77. The zero-order valence-electron chi connectivity index (χ0n) is 9.44. The van der Waals surface area contributed by atoms with Gasteiger partial charge in [-0.3, -0.25) is 0 Å². The number of ether oxygens (including phenoxy) is 1. The number of halogens is 4. The summed E-state index contributed by atoms with van der Waals surface area (Å²) in [7, 11) is 0. The lowest BCUT2D eigenvalue weighted by molar-refractivity contribution is -0.274. The lowest BCUT2D eigenvalue weighted by Gasteiger charge is -2.08. The number of hydrogen-bond donors (Lipinski definition) is 1. The van der Waals surface area contributed by atoms with Crippen molar-refractivity contribution in [2.45, 2.75) is 6.36 Å². The molecule has 0 aliphatic rings. The minimum absolute atomic E-state index is 0.0981. The Labute approximate surface area is 118 Å². The van der Waals surface area contributed by atoms with Gasteiger partial charge in [-0.2, -0.15) is 0 Å². The van der Waals surface area contributed by atoms with Gasteiger partial charge in [0.05, 0.1) is 0 Å². The van der Waals surface area contributed by atoms with Crippen molar-refractivity contribution in [2.75, 3.05) is 0 Å². The number of alkyl halides is 3. The molecule has 0 aliphatic heterocycles. The third-order valence-corrected chi connectivity index (χ3v) is 2.92. The highest BCUT2D eigenvalue weighted by molar-refractivity contribution is 9.10. The van der Waals surface area contributed by atoms with Crippen molar-refractivity contribution in [3.63, 3.8) is 0 Å². The van der Waals surface area contributed by atoms with Crippen LogP contribution in [0.2, 0.25) is 0 Å². The third-order valence-electron chi connectivity index (χ3n) is 2.19. The molecule has 106 valence electrons. The number of carboxylic acids is 1. The number of carboxylic acid groups (broad SMARTS) is 1. The summed E-state index contributed by atoms with van der Waals surface area (Å²) < 4.78 is 44.7. The molecular formula is C11H5BrF3NO4. The molecule has 9 heteroatoms. The smallest absolute Gasteiger partial charge is 0.476 e. The summed E-state index contributed by atoms with van der Waals surface area (Å²) in [5.41, 5.74) is 0.0296. The molecule has 0 aliphatic carbocycles. The van der Waals surface area contributed by atoms with Crippen LogP contribution in [0.25, 0.3) is 11.3 Å². The van der Waals surface area contributed by atoms with Crippen LogP contribution in [0.1, 0.15) is 10.5 Å². The first kappa shape index (κ1) is 14.4. The maximum atomic E-state index is 12.0. The predicted octanol–water partition coefficient (Wildman–Crippen LogP) is 3.70. The average molecular weight is 352 g/mol. The second kappa shape index (κ2) is 5.16. The lowest BCUT2D eigenvalue weighted by atomic mass is 10.1. The number of carbonyl (C=O) groups is 1. The molecule has 0 saturated carbocycles. The van der Waals surface area contributed by atoms with Crippen molar-refractivity contribution in [2.24, 2.45) is 0 Å². The molecule has 1 aromatic carbocycles. The number of benzene rings is 1. The van der Waals surface area contributed by atoms with E-state index in [1.807, 2.05) is 0 Å². The molecule has 1 N–H and O–H groups in total. The van der Waals surface area contributed by atoms with Crippen molar-refractivity contribution < 1.29 is 32.3 Å². The SMILES string of the molecule is O=C(O)c1noc(-c2ccc(OC(F)(F)F)cc2)c1Br. The van der Waals surface area contributed by atoms with Gasteiger partial charge in [-0.25, -0.2) is 4.79 Å². The Kier molecular flexibility index (Phi) is 3.71. The Balaban J connectivity index is 2.29. The zero-order valence-corrected chi connectivity index (χ0v) is 11.0. The van der Waals surface area contributed by atoms with E-state index in [-0.39, 0.29) is 15.9 Å². The van der Waals surface area contributed by atoms with Gasteiger partial charge >= 0.3 is 12.3 Å². The van der Waals surface area contributed by atoms with Gasteiger partial charge in [-0.15, -0.1) is 13.2 Å². The first-order chi connectivity index (χ1) is 9.28. The number of aromatic carboxylic acids is 1. The van der Waals surface area contributed by atoms with E-state index in [0.717, 1.165) is 12.1 Å². The Morgan fingerprint density at radius 3 is 2.35 bits per heavy atom. The van der Waals surface area contributed by atoms with Crippen LogP contribution < -0.4 is 4.74 Å². The molecule has 0 amide bonds. The zero-order chi connectivity index (χ0) is 14.9. The molecule has 0 spiro atoms. The van der Waals surface area contributed by atoms with Gasteiger partial charge in [-0.1, -0.05) is 5.16 Å². The monoisotopic (exact) mass is 351 g/mol. The number of rotatable bonds is 3. The highest BCUT2D eigenvalue weighted by Crippen LogP contribution is 2.32. The van der Waals surface area contributed by atoms with Gasteiger partial charge in [-0.05, 0) is 40.2 Å². The summed E-state index contributed by atoms with van der Waals surface area (Å²) in [5, 5.41) is 12.1. The van der Waals surface area contributed by atoms with Crippen molar-refractivity contribution in [1.29, 1.82) is 0 Å². The van der Waals surface area contributed by atoms with Crippen molar-refractivity contribution in [1.82, 2.24) is 5.16 Å². The highest BCUT2D eigenvalue weighted by Gasteiger charge is 2.31. The van der Waals surface area contributed by atoms with E-state index in [9.17, 15) is 18.0 Å². The third kappa shape index (κ3) is 3.10. The summed E-state index contributed by atoms with van der Waals surface area (Å²) in [6, 6.07) is 4.74. The molecule has 0 atom stereocenters. The van der Waals surface area contributed by atoms with Gasteiger partial charge in [0, 0.05) is 5.56 Å². The van der Waals surface area contributed by atoms with E-state index in [4.69, 9.17) is 9.63 Å². The molecule has 20 heavy (non-hydrogen) atoms. The predicted molar refractivity (Wildman–Crippen MR) is 63.3 cm³/mol. The number of nitrogens with zero attached hydrogens (tertiary/aromatic N) is 1. The van der Waals surface area contributed by atoms with E-state index in [1.165, 1.54) is 12.1 Å². The van der Waals surface area contributed by atoms with Crippen LogP contribution in [-0.4, -0.2) is 22.6 Å². The minimum Gasteiger partial charge on any atom is -0.476 e. The first-order valence-electron chi connectivity index (χ1n) is 5.02. The lowest BCUT2D eigenvalue weighted by Crippen LogP contribution is -2.16. The van der Waals surface area contributed by atoms with Gasteiger partial charge in [0.25, 0.3) is 0 Å². The first-order valence-corrected chi connectivity index (χ1v) is 5.82. The molecule has 1 aromatic heterocycles. The second-order valence-corrected chi connectivity index (χ2v) is 4.34. The molecule has 0 radical (unpaired) electrons. The molecule has 2 aromatic rings. The van der Waals surface area contributed by atoms with Crippen molar-refractivity contribution in [3.8, 4) is 17.1 Å². The van der Waals surface area contributed by atoms with Crippen LogP contribution >= 0.6 is 15.9 Å². The second-order valence-electron chi connectivity index (χ2n) is 3.55. The van der Waals surface area contributed by atoms with Crippen LogP contribution in [0.5, 0.6) is 5.75 Å². The summed E-state index contributed by atoms with van der Waals surface area (Å²) in [4.78, 5) is 10.8. The number of aromatic nitrogens is 1. The molecule has 0 unspecified atom stereocenters. The molecule has 0 fully saturated rings. The summed E-state index contributed by atoms with van der Waals surface area (Å²) in [5.74, 6) is -1.58. The van der Waals surface area contributed by atoms with E-state index < -0.39 is 18.1 Å². The van der Waals surface area contributed by atoms with Gasteiger partial charge in [0.1, 0.15) is 10.2 Å². The Morgan fingerprint density at radius 1 is 1.30 bits per heavy atom. The van der Waals surface area contributed by atoms with Crippen molar-refractivity contribution in [3.05, 3.63) is 34.4 Å². The minimum atomic E-state index is -4.77. The Morgan fingerprint density at radius 2 is 1.90 bits per heavy atom. The maximum Gasteiger partial charge on any atom is 0.573 e. The van der Waals surface area contributed by atoms with Crippen LogP contribution in [0.3, 0.4) is 0 Å². The largest absolute Gasteiger partial charge is 0.573 e. The fourth-order valence-corrected chi connectivity index (χ4v) is 1.94. The van der Waals surface area contributed by atoms with Crippen LogP contribution in [0.4, 0.5) is 13.2 Å². The maximum absolute atomic E-state index is 12.0. The van der Waals surface area contributed by atoms with Gasteiger partial charge in [0.15, 0.2) is 5.76 Å². The van der Waals surface area contributed by atoms with Crippen LogP contribution in [0, 0.1) is 0 Å². The summed E-state index contributed by atoms with van der Waals surface area (Å²) >= 11 is 3.01. The van der Waals surface area contributed by atoms with E-state index in [0.29, 0.717) is 5.56 Å². The average Bonchev–Trinajstić information content (AvgIpc) is 2.70. The topological polar surface area (TPSA) is 72.6 Å². The highest BCUT2D eigenvalue weighted by atomic mass is 79.9. The number of hydrogen-bond acceptors (Lipinski definition) is 4. The summed E-state index contributed by atoms with van der Waals surface area (Å²) in [6.45, 7) is 0. The van der Waals surface area contributed by atoms with E-state index in [2.05, 4.69) is 25.8 Å². The molecule has 2 rings (SSSR count). The normalized spacial score (nSPS) is 11.4. The van der Waals surface area contributed by atoms with Gasteiger partial charge < -0.3 is 14.4 Å². The van der Waals surface area contributed by atoms with Crippen LogP contribution in [0.15, 0.2) is 33.3 Å². The molecule has 1 heterocycles. The quantitative estimate of drug-likeness (QED) is 0.912. The molecule has 0 bridgehead atoms. The standard InChI is InChI=1S/C11H5BrF3NO4/c12-7-8(10(17)18)16-20-9(7)5-1-3-6(4-2-5)19-11(13,14)15/h1-4H,(H,17,18). The van der Waals surface area contributed by atoms with Crippen LogP contribution in [-0.2, 0) is 0 Å². The van der Waals surface area contributed by atoms with E-state index in [1.54, 1.807) is 0 Å². The Bertz CT molecular complexity index is 636. The molecule has 5 nitrogen and oxygen atoms in total.